The summed E-state index contributed by atoms with van der Waals surface area (Å²) in [5.41, 5.74) is 0. The fourth-order valence-electron chi connectivity index (χ4n) is 3.58. The van der Waals surface area contributed by atoms with Crippen LogP contribution in [0.2, 0.25) is 0 Å². The maximum Gasteiger partial charge on any atom is 0.251 e. The van der Waals surface area contributed by atoms with Gasteiger partial charge in [0, 0.05) is 65.6 Å². The zero-order valence-corrected chi connectivity index (χ0v) is 15.5. The molecule has 0 spiro atoms. The molecule has 0 aliphatic carbocycles. The average Bonchev–Trinajstić information content (AvgIpc) is 2.62. The topological polar surface area (TPSA) is 52.6 Å². The summed E-state index contributed by atoms with van der Waals surface area (Å²) in [7, 11) is 3.89. The van der Waals surface area contributed by atoms with Crippen LogP contribution < -0.4 is 9.80 Å². The van der Waals surface area contributed by atoms with Crippen LogP contribution in [0.1, 0.15) is 32.1 Å². The number of alkyl halides is 2. The molecule has 1 amide bonds. The van der Waals surface area contributed by atoms with E-state index in [1.165, 1.54) is 0 Å². The second-order valence-corrected chi connectivity index (χ2v) is 7.50. The lowest BCUT2D eigenvalue weighted by molar-refractivity contribution is -0.138. The number of piperidine rings is 2. The molecule has 2 fully saturated rings. The Bertz CT molecular complexity index is 622. The Hall–Kier alpha value is -1.99. The van der Waals surface area contributed by atoms with Crippen LogP contribution in [-0.2, 0) is 4.79 Å². The molecule has 0 radical (unpaired) electrons. The number of nitrogens with zero attached hydrogens (tertiary/aromatic N) is 5. The highest BCUT2D eigenvalue weighted by molar-refractivity contribution is 5.76. The number of likely N-dealkylation sites (tertiary alicyclic amines) is 1. The first-order valence-corrected chi connectivity index (χ1v) is 9.24. The SMILES string of the molecule is CN(C)c1cc(N2CCC(CC(=O)N3CCC(F)(F)CC3)CC2)ncn1. The van der Waals surface area contributed by atoms with Crippen molar-refractivity contribution in [2.24, 2.45) is 5.92 Å². The lowest BCUT2D eigenvalue weighted by Crippen LogP contribution is -2.44. The van der Waals surface area contributed by atoms with E-state index in [4.69, 9.17) is 0 Å². The third-order valence-electron chi connectivity index (χ3n) is 5.35. The number of carbonyl (C=O) groups is 1. The minimum absolute atomic E-state index is 0.0240. The van der Waals surface area contributed by atoms with E-state index < -0.39 is 5.92 Å². The van der Waals surface area contributed by atoms with Crippen molar-refractivity contribution in [3.05, 3.63) is 12.4 Å². The van der Waals surface area contributed by atoms with E-state index in [1.807, 2.05) is 25.1 Å². The Kier molecular flexibility index (Phi) is 5.58. The largest absolute Gasteiger partial charge is 0.363 e. The smallest absolute Gasteiger partial charge is 0.251 e. The van der Waals surface area contributed by atoms with Gasteiger partial charge in [-0.2, -0.15) is 0 Å². The van der Waals surface area contributed by atoms with Gasteiger partial charge in [0.25, 0.3) is 5.92 Å². The van der Waals surface area contributed by atoms with Gasteiger partial charge in [-0.1, -0.05) is 0 Å². The highest BCUT2D eigenvalue weighted by Gasteiger charge is 2.36. The third-order valence-corrected chi connectivity index (χ3v) is 5.35. The number of carbonyl (C=O) groups excluding carboxylic acids is 1. The van der Waals surface area contributed by atoms with Crippen molar-refractivity contribution in [2.45, 2.75) is 38.0 Å². The Morgan fingerprint density at radius 2 is 1.85 bits per heavy atom. The van der Waals surface area contributed by atoms with E-state index in [-0.39, 0.29) is 31.8 Å². The Morgan fingerprint density at radius 1 is 1.19 bits per heavy atom. The fourth-order valence-corrected chi connectivity index (χ4v) is 3.58. The van der Waals surface area contributed by atoms with Crippen LogP contribution in [0.3, 0.4) is 0 Å². The number of aromatic nitrogens is 2. The van der Waals surface area contributed by atoms with Crippen LogP contribution in [-0.4, -0.2) is 67.0 Å². The fraction of sp³-hybridized carbons (Fsp3) is 0.722. The van der Waals surface area contributed by atoms with Gasteiger partial charge in [-0.25, -0.2) is 18.7 Å². The Balaban J connectivity index is 1.48. The van der Waals surface area contributed by atoms with E-state index in [0.29, 0.717) is 12.3 Å². The van der Waals surface area contributed by atoms with Crippen molar-refractivity contribution >= 4 is 17.5 Å². The molecule has 0 aromatic carbocycles. The first-order chi connectivity index (χ1) is 12.3. The monoisotopic (exact) mass is 367 g/mol. The Labute approximate surface area is 153 Å². The maximum absolute atomic E-state index is 13.2. The van der Waals surface area contributed by atoms with Gasteiger partial charge >= 0.3 is 0 Å². The number of hydrogen-bond donors (Lipinski definition) is 0. The van der Waals surface area contributed by atoms with Gasteiger partial charge in [0.2, 0.25) is 5.91 Å². The molecule has 0 N–H and O–H groups in total. The minimum Gasteiger partial charge on any atom is -0.363 e. The summed E-state index contributed by atoms with van der Waals surface area (Å²) < 4.78 is 26.5. The van der Waals surface area contributed by atoms with E-state index in [2.05, 4.69) is 14.9 Å². The van der Waals surface area contributed by atoms with E-state index >= 15 is 0 Å². The van der Waals surface area contributed by atoms with Crippen molar-refractivity contribution in [1.82, 2.24) is 14.9 Å². The number of halogens is 2. The molecule has 0 atom stereocenters. The molecule has 0 unspecified atom stereocenters. The second kappa shape index (κ2) is 7.72. The van der Waals surface area contributed by atoms with E-state index in [9.17, 15) is 13.6 Å². The molecule has 8 heteroatoms. The van der Waals surface area contributed by atoms with Crippen LogP contribution >= 0.6 is 0 Å². The molecule has 2 saturated heterocycles. The molecule has 2 aliphatic heterocycles. The van der Waals surface area contributed by atoms with Crippen LogP contribution in [0.5, 0.6) is 0 Å². The molecule has 6 nitrogen and oxygen atoms in total. The molecule has 1 aromatic heterocycles. The van der Waals surface area contributed by atoms with Crippen molar-refractivity contribution in [2.75, 3.05) is 50.1 Å². The van der Waals surface area contributed by atoms with Crippen molar-refractivity contribution in [3.8, 4) is 0 Å². The van der Waals surface area contributed by atoms with Gasteiger partial charge in [0.1, 0.15) is 18.0 Å². The molecular weight excluding hydrogens is 340 g/mol. The highest BCUT2D eigenvalue weighted by Crippen LogP contribution is 2.30. The molecule has 3 rings (SSSR count). The maximum atomic E-state index is 13.2. The zero-order chi connectivity index (χ0) is 18.7. The van der Waals surface area contributed by atoms with Crippen LogP contribution in [0, 0.1) is 5.92 Å². The molecule has 0 saturated carbocycles. The highest BCUT2D eigenvalue weighted by atomic mass is 19.3. The van der Waals surface area contributed by atoms with Gasteiger partial charge < -0.3 is 14.7 Å². The standard InChI is InChI=1S/C18H27F2N5O/c1-23(2)15-12-16(22-13-21-15)24-7-3-14(4-8-24)11-17(26)25-9-5-18(19,20)6-10-25/h12-14H,3-11H2,1-2H3. The van der Waals surface area contributed by atoms with Gasteiger partial charge in [-0.3, -0.25) is 4.79 Å². The number of hydrogen-bond acceptors (Lipinski definition) is 5. The zero-order valence-electron chi connectivity index (χ0n) is 15.5. The predicted octanol–water partition coefficient (Wildman–Crippen LogP) is 2.41. The number of rotatable bonds is 4. The minimum atomic E-state index is -2.61. The Morgan fingerprint density at radius 3 is 2.46 bits per heavy atom. The second-order valence-electron chi connectivity index (χ2n) is 7.50. The molecule has 3 heterocycles. The van der Waals surface area contributed by atoms with Gasteiger partial charge in [0.05, 0.1) is 0 Å². The molecular formula is C18H27F2N5O. The van der Waals surface area contributed by atoms with Crippen LogP contribution in [0.4, 0.5) is 20.4 Å². The number of anilines is 2. The summed E-state index contributed by atoms with van der Waals surface area (Å²) in [5.74, 6) is -0.487. The summed E-state index contributed by atoms with van der Waals surface area (Å²) >= 11 is 0. The predicted molar refractivity (Wildman–Crippen MR) is 96.7 cm³/mol. The molecule has 144 valence electrons. The summed E-state index contributed by atoms with van der Waals surface area (Å²) in [6.45, 7) is 2.05. The first kappa shape index (κ1) is 18.8. The normalized spacial score (nSPS) is 20.9. The van der Waals surface area contributed by atoms with Crippen molar-refractivity contribution in [3.63, 3.8) is 0 Å². The summed E-state index contributed by atoms with van der Waals surface area (Å²) in [4.78, 5) is 26.8. The van der Waals surface area contributed by atoms with Crippen molar-refractivity contribution in [1.29, 1.82) is 0 Å². The molecule has 2 aliphatic rings. The van der Waals surface area contributed by atoms with Crippen LogP contribution in [0.25, 0.3) is 0 Å². The molecule has 0 bridgehead atoms. The van der Waals surface area contributed by atoms with Gasteiger partial charge in [-0.05, 0) is 18.8 Å². The number of amides is 1. The van der Waals surface area contributed by atoms with Crippen LogP contribution in [0.15, 0.2) is 12.4 Å². The average molecular weight is 367 g/mol. The first-order valence-electron chi connectivity index (χ1n) is 9.24. The lowest BCUT2D eigenvalue weighted by atomic mass is 9.92. The van der Waals surface area contributed by atoms with Gasteiger partial charge in [0.15, 0.2) is 0 Å². The van der Waals surface area contributed by atoms with E-state index in [0.717, 1.165) is 37.6 Å². The summed E-state index contributed by atoms with van der Waals surface area (Å²) in [5, 5.41) is 0. The third kappa shape index (κ3) is 4.59. The molecule has 26 heavy (non-hydrogen) atoms. The quantitative estimate of drug-likeness (QED) is 0.818. The summed E-state index contributed by atoms with van der Waals surface area (Å²) in [6, 6.07) is 1.97. The van der Waals surface area contributed by atoms with Crippen molar-refractivity contribution < 1.29 is 13.6 Å². The van der Waals surface area contributed by atoms with E-state index in [1.54, 1.807) is 11.2 Å². The van der Waals surface area contributed by atoms with Gasteiger partial charge in [-0.15, -0.1) is 0 Å². The summed E-state index contributed by atoms with van der Waals surface area (Å²) in [6.07, 6.45) is 3.45. The lowest BCUT2D eigenvalue weighted by Gasteiger charge is -2.35. The molecule has 1 aromatic rings.